The van der Waals surface area contributed by atoms with Crippen LogP contribution in [-0.4, -0.2) is 32.5 Å². The minimum atomic E-state index is 0.00761. The summed E-state index contributed by atoms with van der Waals surface area (Å²) in [5.74, 6) is 1.08. The predicted molar refractivity (Wildman–Crippen MR) is 105 cm³/mol. The third-order valence-electron chi connectivity index (χ3n) is 4.03. The minimum absolute atomic E-state index is 0.00761. The van der Waals surface area contributed by atoms with Gasteiger partial charge in [-0.3, -0.25) is 9.36 Å². The van der Waals surface area contributed by atoms with Gasteiger partial charge in [0.2, 0.25) is 5.91 Å². The number of nitrogens with one attached hydrogen (secondary N) is 1. The molecule has 3 aromatic rings. The van der Waals surface area contributed by atoms with Crippen molar-refractivity contribution in [2.45, 2.75) is 31.5 Å². The molecule has 0 unspecified atom stereocenters. The number of benzene rings is 2. The summed E-state index contributed by atoms with van der Waals surface area (Å²) >= 11 is 1.40. The molecule has 0 spiro atoms. The Hall–Kier alpha value is -2.60. The Bertz CT molecular complexity index is 849. The average molecular weight is 366 g/mol. The summed E-state index contributed by atoms with van der Waals surface area (Å²) in [6.45, 7) is 4.05. The summed E-state index contributed by atoms with van der Waals surface area (Å²) in [6, 6.07) is 20.1. The molecule has 0 fully saturated rings. The Kier molecular flexibility index (Phi) is 6.07. The average Bonchev–Trinajstić information content (AvgIpc) is 3.11. The van der Waals surface area contributed by atoms with Gasteiger partial charge in [0.25, 0.3) is 0 Å². The first-order valence-electron chi connectivity index (χ1n) is 8.67. The maximum absolute atomic E-state index is 12.1. The molecular formula is C20H22N4OS. The van der Waals surface area contributed by atoms with Crippen LogP contribution in [0.4, 0.5) is 0 Å². The summed E-state index contributed by atoms with van der Waals surface area (Å²) in [5, 5.41) is 12.4. The number of rotatable bonds is 7. The Balaban J connectivity index is 1.89. The monoisotopic (exact) mass is 366 g/mol. The molecule has 6 heteroatoms. The maximum atomic E-state index is 12.1. The van der Waals surface area contributed by atoms with Gasteiger partial charge in [-0.15, -0.1) is 10.2 Å². The molecule has 0 radical (unpaired) electrons. The molecule has 1 amide bonds. The Morgan fingerprint density at radius 1 is 1.08 bits per heavy atom. The van der Waals surface area contributed by atoms with Crippen molar-refractivity contribution in [1.82, 2.24) is 20.1 Å². The number of hydrogen-bond donors (Lipinski definition) is 1. The van der Waals surface area contributed by atoms with Crippen molar-refractivity contribution in [2.24, 2.45) is 0 Å². The minimum Gasteiger partial charge on any atom is -0.353 e. The van der Waals surface area contributed by atoms with Crippen LogP contribution in [0.2, 0.25) is 0 Å². The van der Waals surface area contributed by atoms with Gasteiger partial charge >= 0.3 is 0 Å². The van der Waals surface area contributed by atoms with Crippen LogP contribution >= 0.6 is 11.8 Å². The summed E-state index contributed by atoms with van der Waals surface area (Å²) in [5.41, 5.74) is 1.96. The molecule has 3 rings (SSSR count). The van der Waals surface area contributed by atoms with Crippen molar-refractivity contribution in [3.63, 3.8) is 0 Å². The number of aromatic nitrogens is 3. The summed E-state index contributed by atoms with van der Waals surface area (Å²) in [6.07, 6.45) is 0.911. The third-order valence-corrected chi connectivity index (χ3v) is 4.96. The second-order valence-corrected chi connectivity index (χ2v) is 6.95. The van der Waals surface area contributed by atoms with Gasteiger partial charge in [-0.25, -0.2) is 0 Å². The third kappa shape index (κ3) is 4.32. The van der Waals surface area contributed by atoms with E-state index in [2.05, 4.69) is 22.4 Å². The quantitative estimate of drug-likeness (QED) is 0.644. The Labute approximate surface area is 157 Å². The molecule has 0 aliphatic carbocycles. The second-order valence-electron chi connectivity index (χ2n) is 6.01. The topological polar surface area (TPSA) is 59.8 Å². The van der Waals surface area contributed by atoms with E-state index in [0.717, 1.165) is 23.5 Å². The van der Waals surface area contributed by atoms with Gasteiger partial charge in [0.15, 0.2) is 11.0 Å². The molecule has 5 nitrogen and oxygen atoms in total. The molecular weight excluding hydrogens is 344 g/mol. The van der Waals surface area contributed by atoms with Gasteiger partial charge in [0.05, 0.1) is 5.75 Å². The molecule has 1 N–H and O–H groups in total. The predicted octanol–water partition coefficient (Wildman–Crippen LogP) is 3.94. The van der Waals surface area contributed by atoms with Crippen LogP contribution < -0.4 is 5.32 Å². The maximum Gasteiger partial charge on any atom is 0.230 e. The lowest BCUT2D eigenvalue weighted by atomic mass is 10.2. The van der Waals surface area contributed by atoms with E-state index in [4.69, 9.17) is 0 Å². The lowest BCUT2D eigenvalue weighted by Gasteiger charge is -2.12. The van der Waals surface area contributed by atoms with Gasteiger partial charge in [-0.2, -0.15) is 0 Å². The van der Waals surface area contributed by atoms with E-state index in [-0.39, 0.29) is 11.9 Å². The smallest absolute Gasteiger partial charge is 0.230 e. The first-order chi connectivity index (χ1) is 12.7. The fourth-order valence-electron chi connectivity index (χ4n) is 2.50. The fraction of sp³-hybridized carbons (Fsp3) is 0.250. The van der Waals surface area contributed by atoms with Gasteiger partial charge in [0, 0.05) is 17.3 Å². The highest BCUT2D eigenvalue weighted by Crippen LogP contribution is 2.27. The summed E-state index contributed by atoms with van der Waals surface area (Å²) in [7, 11) is 0. The zero-order chi connectivity index (χ0) is 18.4. The van der Waals surface area contributed by atoms with E-state index in [9.17, 15) is 4.79 Å². The number of para-hydroxylation sites is 1. The van der Waals surface area contributed by atoms with E-state index in [1.165, 1.54) is 11.8 Å². The highest BCUT2D eigenvalue weighted by molar-refractivity contribution is 7.99. The summed E-state index contributed by atoms with van der Waals surface area (Å²) < 4.78 is 2.00. The van der Waals surface area contributed by atoms with Crippen LogP contribution in [0.1, 0.15) is 20.3 Å². The first kappa shape index (κ1) is 18.2. The molecule has 0 saturated heterocycles. The van der Waals surface area contributed by atoms with Crippen LogP contribution in [-0.2, 0) is 4.79 Å². The van der Waals surface area contributed by atoms with E-state index < -0.39 is 0 Å². The number of amides is 1. The van der Waals surface area contributed by atoms with E-state index >= 15 is 0 Å². The molecule has 1 heterocycles. The van der Waals surface area contributed by atoms with Crippen molar-refractivity contribution < 1.29 is 4.79 Å². The van der Waals surface area contributed by atoms with Crippen LogP contribution in [0.25, 0.3) is 17.1 Å². The molecule has 26 heavy (non-hydrogen) atoms. The molecule has 1 atom stereocenters. The number of hydrogen-bond acceptors (Lipinski definition) is 4. The molecule has 0 saturated carbocycles. The number of carbonyl (C=O) groups excluding carboxylic acids is 1. The summed E-state index contributed by atoms with van der Waals surface area (Å²) in [4.78, 5) is 12.1. The number of thioether (sulfide) groups is 1. The van der Waals surface area contributed by atoms with Gasteiger partial charge in [-0.1, -0.05) is 67.2 Å². The van der Waals surface area contributed by atoms with Gasteiger partial charge in [0.1, 0.15) is 0 Å². The van der Waals surface area contributed by atoms with Gasteiger partial charge in [-0.05, 0) is 25.5 Å². The van der Waals surface area contributed by atoms with Crippen LogP contribution in [0.5, 0.6) is 0 Å². The molecule has 134 valence electrons. The number of carbonyl (C=O) groups is 1. The van der Waals surface area contributed by atoms with E-state index in [1.807, 2.05) is 72.2 Å². The normalized spacial score (nSPS) is 11.9. The van der Waals surface area contributed by atoms with E-state index in [1.54, 1.807) is 0 Å². The highest BCUT2D eigenvalue weighted by Gasteiger charge is 2.17. The standard InChI is InChI=1S/C20H22N4OS/c1-3-15(2)21-18(25)14-26-20-23-22-19(16-10-6-4-7-11-16)24(20)17-12-8-5-9-13-17/h4-13,15H,3,14H2,1-2H3,(H,21,25)/t15-/m1/s1. The van der Waals surface area contributed by atoms with Crippen LogP contribution in [0.15, 0.2) is 65.8 Å². The van der Waals surface area contributed by atoms with Gasteiger partial charge < -0.3 is 5.32 Å². The molecule has 0 aliphatic rings. The molecule has 0 bridgehead atoms. The molecule has 0 aliphatic heterocycles. The zero-order valence-corrected chi connectivity index (χ0v) is 15.7. The van der Waals surface area contributed by atoms with Crippen molar-refractivity contribution in [3.8, 4) is 17.1 Å². The second kappa shape index (κ2) is 8.67. The van der Waals surface area contributed by atoms with Crippen molar-refractivity contribution in [3.05, 3.63) is 60.7 Å². The van der Waals surface area contributed by atoms with Crippen LogP contribution in [0.3, 0.4) is 0 Å². The fourth-order valence-corrected chi connectivity index (χ4v) is 3.26. The lowest BCUT2D eigenvalue weighted by Crippen LogP contribution is -2.33. The Morgan fingerprint density at radius 3 is 2.38 bits per heavy atom. The van der Waals surface area contributed by atoms with Crippen molar-refractivity contribution in [2.75, 3.05) is 5.75 Å². The zero-order valence-electron chi connectivity index (χ0n) is 14.9. The largest absolute Gasteiger partial charge is 0.353 e. The lowest BCUT2D eigenvalue weighted by molar-refractivity contribution is -0.119. The molecule has 2 aromatic carbocycles. The SMILES string of the molecule is CC[C@@H](C)NC(=O)CSc1nnc(-c2ccccc2)n1-c1ccccc1. The highest BCUT2D eigenvalue weighted by atomic mass is 32.2. The Morgan fingerprint density at radius 2 is 1.73 bits per heavy atom. The van der Waals surface area contributed by atoms with Crippen LogP contribution in [0, 0.1) is 0 Å². The number of nitrogens with zero attached hydrogens (tertiary/aromatic N) is 3. The molecule has 1 aromatic heterocycles. The van der Waals surface area contributed by atoms with E-state index in [0.29, 0.717) is 10.9 Å². The first-order valence-corrected chi connectivity index (χ1v) is 9.66. The van der Waals surface area contributed by atoms with Crippen molar-refractivity contribution >= 4 is 17.7 Å². The van der Waals surface area contributed by atoms with Crippen molar-refractivity contribution in [1.29, 1.82) is 0 Å².